The minimum atomic E-state index is 0.786. The maximum Gasteiger partial charge on any atom is 0.0218 e. The zero-order valence-corrected chi connectivity index (χ0v) is 9.18. The number of hydrogen-bond acceptors (Lipinski definition) is 2. The fourth-order valence-corrected chi connectivity index (χ4v) is 2.08. The van der Waals surface area contributed by atoms with E-state index in [-0.39, 0.29) is 0 Å². The van der Waals surface area contributed by atoms with E-state index in [0.717, 1.165) is 6.04 Å². The smallest absolute Gasteiger partial charge is 0.0218 e. The van der Waals surface area contributed by atoms with Gasteiger partial charge in [0.1, 0.15) is 0 Å². The highest BCUT2D eigenvalue weighted by atomic mass is 15.2. The van der Waals surface area contributed by atoms with E-state index in [1.54, 1.807) is 0 Å². The standard InChI is InChI=1S/C11H24N2/c1-3-7-12-10-11(4-2)13-8-5-6-9-13/h11-12H,3-10H2,1-2H3. The van der Waals surface area contributed by atoms with Crippen LogP contribution in [0.2, 0.25) is 0 Å². The molecule has 0 aromatic heterocycles. The normalized spacial score (nSPS) is 20.8. The number of nitrogens with zero attached hydrogens (tertiary/aromatic N) is 1. The van der Waals surface area contributed by atoms with E-state index >= 15 is 0 Å². The van der Waals surface area contributed by atoms with Gasteiger partial charge in [0.25, 0.3) is 0 Å². The molecule has 1 aliphatic heterocycles. The SMILES string of the molecule is CCCNCC(CC)N1CCCC1. The Balaban J connectivity index is 2.16. The molecule has 0 saturated carbocycles. The van der Waals surface area contributed by atoms with Crippen LogP contribution < -0.4 is 5.32 Å². The van der Waals surface area contributed by atoms with E-state index in [2.05, 4.69) is 24.1 Å². The van der Waals surface area contributed by atoms with Gasteiger partial charge in [-0.2, -0.15) is 0 Å². The molecule has 0 bridgehead atoms. The molecule has 0 spiro atoms. The highest BCUT2D eigenvalue weighted by molar-refractivity contribution is 4.76. The molecule has 0 amide bonds. The zero-order chi connectivity index (χ0) is 9.52. The predicted octanol–water partition coefficient (Wildman–Crippen LogP) is 1.86. The minimum absolute atomic E-state index is 0.786. The molecule has 0 radical (unpaired) electrons. The van der Waals surface area contributed by atoms with E-state index in [4.69, 9.17) is 0 Å². The quantitative estimate of drug-likeness (QED) is 0.634. The molecule has 1 rings (SSSR count). The van der Waals surface area contributed by atoms with Crippen molar-refractivity contribution in [2.24, 2.45) is 0 Å². The van der Waals surface area contributed by atoms with Crippen molar-refractivity contribution in [1.82, 2.24) is 10.2 Å². The van der Waals surface area contributed by atoms with Gasteiger partial charge in [-0.15, -0.1) is 0 Å². The molecule has 1 saturated heterocycles. The second-order valence-corrected chi connectivity index (χ2v) is 4.01. The molecule has 1 unspecified atom stereocenters. The Labute approximate surface area is 82.7 Å². The average Bonchev–Trinajstić information content (AvgIpc) is 2.65. The van der Waals surface area contributed by atoms with Gasteiger partial charge in [0.15, 0.2) is 0 Å². The molecular formula is C11H24N2. The van der Waals surface area contributed by atoms with Crippen LogP contribution >= 0.6 is 0 Å². The van der Waals surface area contributed by atoms with E-state index < -0.39 is 0 Å². The Hall–Kier alpha value is -0.0800. The first-order valence-corrected chi connectivity index (χ1v) is 5.83. The summed E-state index contributed by atoms with van der Waals surface area (Å²) in [5.41, 5.74) is 0. The lowest BCUT2D eigenvalue weighted by molar-refractivity contribution is 0.230. The number of rotatable bonds is 6. The van der Waals surface area contributed by atoms with Crippen molar-refractivity contribution in [3.8, 4) is 0 Å². The third-order valence-electron chi connectivity index (χ3n) is 2.94. The number of likely N-dealkylation sites (tertiary alicyclic amines) is 1. The van der Waals surface area contributed by atoms with Crippen molar-refractivity contribution < 1.29 is 0 Å². The molecule has 1 atom stereocenters. The summed E-state index contributed by atoms with van der Waals surface area (Å²) in [6.45, 7) is 9.54. The van der Waals surface area contributed by atoms with Gasteiger partial charge >= 0.3 is 0 Å². The number of hydrogen-bond donors (Lipinski definition) is 1. The van der Waals surface area contributed by atoms with Crippen molar-refractivity contribution in [2.75, 3.05) is 26.2 Å². The molecule has 2 heteroatoms. The third kappa shape index (κ3) is 3.65. The molecule has 0 aromatic carbocycles. The highest BCUT2D eigenvalue weighted by Gasteiger charge is 2.19. The first-order chi connectivity index (χ1) is 6.38. The van der Waals surface area contributed by atoms with Crippen LogP contribution in [0.15, 0.2) is 0 Å². The average molecular weight is 184 g/mol. The Morgan fingerprint density at radius 2 is 1.92 bits per heavy atom. The Morgan fingerprint density at radius 3 is 2.46 bits per heavy atom. The second-order valence-electron chi connectivity index (χ2n) is 4.01. The highest BCUT2D eigenvalue weighted by Crippen LogP contribution is 2.13. The van der Waals surface area contributed by atoms with Crippen molar-refractivity contribution in [2.45, 2.75) is 45.6 Å². The summed E-state index contributed by atoms with van der Waals surface area (Å²) in [5, 5.41) is 3.52. The van der Waals surface area contributed by atoms with Gasteiger partial charge < -0.3 is 5.32 Å². The molecule has 1 heterocycles. The van der Waals surface area contributed by atoms with Crippen molar-refractivity contribution in [3.63, 3.8) is 0 Å². The van der Waals surface area contributed by atoms with Crippen LogP contribution in [0.4, 0.5) is 0 Å². The predicted molar refractivity (Wildman–Crippen MR) is 58.0 cm³/mol. The zero-order valence-electron chi connectivity index (χ0n) is 9.18. The summed E-state index contributed by atoms with van der Waals surface area (Å²) in [6, 6.07) is 0.786. The molecule has 0 aromatic rings. The van der Waals surface area contributed by atoms with Crippen molar-refractivity contribution in [1.29, 1.82) is 0 Å². The van der Waals surface area contributed by atoms with Crippen LogP contribution in [-0.2, 0) is 0 Å². The van der Waals surface area contributed by atoms with Gasteiger partial charge in [-0.3, -0.25) is 4.90 Å². The summed E-state index contributed by atoms with van der Waals surface area (Å²) >= 11 is 0. The van der Waals surface area contributed by atoms with Gasteiger partial charge in [0.2, 0.25) is 0 Å². The van der Waals surface area contributed by atoms with Gasteiger partial charge in [0, 0.05) is 12.6 Å². The lowest BCUT2D eigenvalue weighted by Crippen LogP contribution is -2.40. The van der Waals surface area contributed by atoms with Gasteiger partial charge in [-0.05, 0) is 45.3 Å². The first kappa shape index (κ1) is 11.0. The third-order valence-corrected chi connectivity index (χ3v) is 2.94. The topological polar surface area (TPSA) is 15.3 Å². The summed E-state index contributed by atoms with van der Waals surface area (Å²) in [6.07, 6.45) is 5.35. The molecule has 0 aliphatic carbocycles. The molecule has 1 fully saturated rings. The van der Waals surface area contributed by atoms with E-state index in [1.165, 1.54) is 51.9 Å². The van der Waals surface area contributed by atoms with Crippen molar-refractivity contribution in [3.05, 3.63) is 0 Å². The minimum Gasteiger partial charge on any atom is -0.315 e. The second kappa shape index (κ2) is 6.39. The Kier molecular flexibility index (Phi) is 5.40. The van der Waals surface area contributed by atoms with Crippen LogP contribution in [-0.4, -0.2) is 37.1 Å². The Bertz CT molecular complexity index is 119. The van der Waals surface area contributed by atoms with Gasteiger partial charge in [0.05, 0.1) is 0 Å². The monoisotopic (exact) mass is 184 g/mol. The van der Waals surface area contributed by atoms with Crippen LogP contribution in [0, 0.1) is 0 Å². The maximum atomic E-state index is 3.52. The maximum absolute atomic E-state index is 3.52. The summed E-state index contributed by atoms with van der Waals surface area (Å²) in [5.74, 6) is 0. The fraction of sp³-hybridized carbons (Fsp3) is 1.00. The van der Waals surface area contributed by atoms with E-state index in [9.17, 15) is 0 Å². The lowest BCUT2D eigenvalue weighted by atomic mass is 10.2. The fourth-order valence-electron chi connectivity index (χ4n) is 2.08. The summed E-state index contributed by atoms with van der Waals surface area (Å²) < 4.78 is 0. The van der Waals surface area contributed by atoms with E-state index in [0.29, 0.717) is 0 Å². The van der Waals surface area contributed by atoms with Crippen LogP contribution in [0.5, 0.6) is 0 Å². The van der Waals surface area contributed by atoms with Gasteiger partial charge in [-0.25, -0.2) is 0 Å². The van der Waals surface area contributed by atoms with Crippen LogP contribution in [0.1, 0.15) is 39.5 Å². The molecule has 78 valence electrons. The molecule has 2 nitrogen and oxygen atoms in total. The summed E-state index contributed by atoms with van der Waals surface area (Å²) in [4.78, 5) is 2.64. The van der Waals surface area contributed by atoms with E-state index in [1.807, 2.05) is 0 Å². The molecule has 1 N–H and O–H groups in total. The molecule has 13 heavy (non-hydrogen) atoms. The first-order valence-electron chi connectivity index (χ1n) is 5.83. The molecule has 1 aliphatic rings. The van der Waals surface area contributed by atoms with Gasteiger partial charge in [-0.1, -0.05) is 13.8 Å². The largest absolute Gasteiger partial charge is 0.315 e. The molecular weight excluding hydrogens is 160 g/mol. The Morgan fingerprint density at radius 1 is 1.23 bits per heavy atom. The van der Waals surface area contributed by atoms with Crippen LogP contribution in [0.25, 0.3) is 0 Å². The number of nitrogens with one attached hydrogen (secondary N) is 1. The lowest BCUT2D eigenvalue weighted by Gasteiger charge is -2.26. The summed E-state index contributed by atoms with van der Waals surface area (Å²) in [7, 11) is 0. The van der Waals surface area contributed by atoms with Crippen LogP contribution in [0.3, 0.4) is 0 Å². The van der Waals surface area contributed by atoms with Crippen molar-refractivity contribution >= 4 is 0 Å².